The van der Waals surface area contributed by atoms with Gasteiger partial charge in [-0.1, -0.05) is 11.6 Å². The molecule has 0 bridgehead atoms. The molecule has 7 heteroatoms. The lowest BCUT2D eigenvalue weighted by molar-refractivity contribution is 0.107. The molecule has 1 unspecified atom stereocenters. The predicted octanol–water partition coefficient (Wildman–Crippen LogP) is 2.53. The molecule has 0 aromatic carbocycles. The number of nitrogens with zero attached hydrogens (tertiary/aromatic N) is 4. The normalized spacial score (nSPS) is 22.8. The highest BCUT2D eigenvalue weighted by atomic mass is 35.5. The molecule has 2 aliphatic heterocycles. The van der Waals surface area contributed by atoms with Crippen molar-refractivity contribution in [2.45, 2.75) is 19.4 Å². The van der Waals surface area contributed by atoms with Crippen molar-refractivity contribution >= 4 is 29.7 Å². The second-order valence-electron chi connectivity index (χ2n) is 7.13. The number of aromatic nitrogens is 2. The van der Waals surface area contributed by atoms with Gasteiger partial charge in [-0.2, -0.15) is 0 Å². The van der Waals surface area contributed by atoms with Gasteiger partial charge in [0, 0.05) is 51.7 Å². The van der Waals surface area contributed by atoms with Gasteiger partial charge in [0.2, 0.25) is 0 Å². The Bertz CT molecular complexity index is 675. The van der Waals surface area contributed by atoms with Crippen molar-refractivity contribution in [2.75, 3.05) is 45.8 Å². The van der Waals surface area contributed by atoms with Gasteiger partial charge < -0.3 is 14.6 Å². The fraction of sp³-hybridized carbons (Fsp3) is 0.611. The molecule has 2 aliphatic rings. The maximum Gasteiger partial charge on any atom is 0.137 e. The van der Waals surface area contributed by atoms with E-state index in [0.29, 0.717) is 0 Å². The number of nitrogens with one attached hydrogen (secondary N) is 1. The van der Waals surface area contributed by atoms with E-state index in [1.807, 2.05) is 22.7 Å². The minimum absolute atomic E-state index is 0. The van der Waals surface area contributed by atoms with Crippen molar-refractivity contribution in [2.24, 2.45) is 5.92 Å². The van der Waals surface area contributed by atoms with Crippen molar-refractivity contribution < 1.29 is 0 Å². The highest BCUT2D eigenvalue weighted by Gasteiger charge is 2.21. The number of imidazole rings is 1. The first-order chi connectivity index (χ1) is 11.8. The Kier molecular flexibility index (Phi) is 6.58. The third-order valence-corrected chi connectivity index (χ3v) is 5.45. The van der Waals surface area contributed by atoms with Crippen LogP contribution in [0.1, 0.15) is 18.5 Å². The fourth-order valence-electron chi connectivity index (χ4n) is 3.90. The summed E-state index contributed by atoms with van der Waals surface area (Å²) < 4.78 is 2.02. The molecule has 0 aliphatic carbocycles. The Labute approximate surface area is 160 Å². The van der Waals surface area contributed by atoms with E-state index in [0.717, 1.165) is 41.9 Å². The molecule has 2 saturated heterocycles. The molecule has 0 saturated carbocycles. The summed E-state index contributed by atoms with van der Waals surface area (Å²) in [6, 6.07) is 3.87. The second kappa shape index (κ2) is 8.69. The van der Waals surface area contributed by atoms with E-state index >= 15 is 0 Å². The van der Waals surface area contributed by atoms with Crippen LogP contribution in [0.4, 0.5) is 0 Å². The van der Waals surface area contributed by atoms with Gasteiger partial charge in [0.25, 0.3) is 0 Å². The van der Waals surface area contributed by atoms with Gasteiger partial charge >= 0.3 is 0 Å². The van der Waals surface area contributed by atoms with E-state index in [1.54, 1.807) is 0 Å². The summed E-state index contributed by atoms with van der Waals surface area (Å²) in [5, 5.41) is 4.27. The minimum Gasteiger partial charge on any atom is -0.316 e. The molecule has 2 fully saturated rings. The molecule has 0 amide bonds. The van der Waals surface area contributed by atoms with E-state index in [-0.39, 0.29) is 12.4 Å². The summed E-state index contributed by atoms with van der Waals surface area (Å²) >= 11 is 6.05. The summed E-state index contributed by atoms with van der Waals surface area (Å²) in [7, 11) is 0. The van der Waals surface area contributed by atoms with Crippen LogP contribution in [0.3, 0.4) is 0 Å². The zero-order valence-corrected chi connectivity index (χ0v) is 16.1. The number of halogens is 2. The van der Waals surface area contributed by atoms with Gasteiger partial charge in [0.15, 0.2) is 0 Å². The highest BCUT2D eigenvalue weighted by molar-refractivity contribution is 6.30. The van der Waals surface area contributed by atoms with Gasteiger partial charge in [-0.15, -0.1) is 12.4 Å². The van der Waals surface area contributed by atoms with Crippen LogP contribution in [-0.4, -0.2) is 65.0 Å². The van der Waals surface area contributed by atoms with Crippen molar-refractivity contribution in [3.63, 3.8) is 0 Å². The topological polar surface area (TPSA) is 35.8 Å². The average molecular weight is 384 g/mol. The van der Waals surface area contributed by atoms with E-state index in [2.05, 4.69) is 21.3 Å². The van der Waals surface area contributed by atoms with Gasteiger partial charge in [-0.25, -0.2) is 4.98 Å². The molecule has 2 aromatic heterocycles. The van der Waals surface area contributed by atoms with Crippen LogP contribution in [-0.2, 0) is 6.54 Å². The first kappa shape index (κ1) is 18.9. The number of piperazine rings is 1. The van der Waals surface area contributed by atoms with Crippen LogP contribution < -0.4 is 5.32 Å². The number of rotatable bonds is 4. The Hall–Kier alpha value is -0.850. The first-order valence-corrected chi connectivity index (χ1v) is 9.42. The summed E-state index contributed by atoms with van der Waals surface area (Å²) in [5.41, 5.74) is 2.10. The standard InChI is InChI=1S/C18H26ClN5.ClH/c19-16-3-4-18-21-17(14-24(18)12-16)13-23-8-6-22(7-9-23)11-15-2-1-5-20-10-15;/h3-4,12,14-15,20H,1-2,5-11,13H2;1H. The number of piperidine rings is 1. The summed E-state index contributed by atoms with van der Waals surface area (Å²) in [6.45, 7) is 9.21. The lowest BCUT2D eigenvalue weighted by Crippen LogP contribution is -2.48. The van der Waals surface area contributed by atoms with E-state index in [4.69, 9.17) is 16.6 Å². The molecule has 0 spiro atoms. The minimum atomic E-state index is 0. The first-order valence-electron chi connectivity index (χ1n) is 9.05. The largest absolute Gasteiger partial charge is 0.316 e. The van der Waals surface area contributed by atoms with Crippen LogP contribution in [0, 0.1) is 5.92 Å². The maximum atomic E-state index is 6.05. The van der Waals surface area contributed by atoms with Crippen molar-refractivity contribution in [1.82, 2.24) is 24.5 Å². The molecule has 4 heterocycles. The third kappa shape index (κ3) is 4.86. The lowest BCUT2D eigenvalue weighted by atomic mass is 9.99. The number of pyridine rings is 1. The van der Waals surface area contributed by atoms with Crippen LogP contribution >= 0.6 is 24.0 Å². The maximum absolute atomic E-state index is 6.05. The van der Waals surface area contributed by atoms with Gasteiger partial charge in [-0.05, 0) is 44.0 Å². The molecule has 5 nitrogen and oxygen atoms in total. The van der Waals surface area contributed by atoms with E-state index in [1.165, 1.54) is 45.6 Å². The van der Waals surface area contributed by atoms with E-state index < -0.39 is 0 Å². The molecule has 4 rings (SSSR count). The smallest absolute Gasteiger partial charge is 0.137 e. The molecule has 138 valence electrons. The molecule has 0 radical (unpaired) electrons. The van der Waals surface area contributed by atoms with Crippen LogP contribution in [0.15, 0.2) is 24.5 Å². The number of hydrogen-bond acceptors (Lipinski definition) is 4. The quantitative estimate of drug-likeness (QED) is 0.879. The molecule has 1 atom stereocenters. The SMILES string of the molecule is Cl.Clc1ccc2nc(CN3CCN(CC4CCCNC4)CC3)cn2c1. The van der Waals surface area contributed by atoms with Gasteiger partial charge in [0.1, 0.15) is 5.65 Å². The molecular formula is C18H27Cl2N5. The predicted molar refractivity (Wildman–Crippen MR) is 105 cm³/mol. The molecule has 25 heavy (non-hydrogen) atoms. The van der Waals surface area contributed by atoms with Crippen LogP contribution in [0.5, 0.6) is 0 Å². The van der Waals surface area contributed by atoms with Crippen molar-refractivity contribution in [3.05, 3.63) is 35.2 Å². The van der Waals surface area contributed by atoms with Crippen molar-refractivity contribution in [1.29, 1.82) is 0 Å². The molecular weight excluding hydrogens is 357 g/mol. The monoisotopic (exact) mass is 383 g/mol. The zero-order chi connectivity index (χ0) is 16.4. The Morgan fingerprint density at radius 1 is 1.12 bits per heavy atom. The summed E-state index contributed by atoms with van der Waals surface area (Å²) in [6.07, 6.45) is 6.74. The molecule has 2 aromatic rings. The Balaban J connectivity index is 0.00000182. The van der Waals surface area contributed by atoms with E-state index in [9.17, 15) is 0 Å². The second-order valence-corrected chi connectivity index (χ2v) is 7.57. The zero-order valence-electron chi connectivity index (χ0n) is 14.5. The van der Waals surface area contributed by atoms with Crippen LogP contribution in [0.25, 0.3) is 5.65 Å². The average Bonchev–Trinajstić information content (AvgIpc) is 2.99. The number of hydrogen-bond donors (Lipinski definition) is 1. The van der Waals surface area contributed by atoms with Crippen molar-refractivity contribution in [3.8, 4) is 0 Å². The molecule has 1 N–H and O–H groups in total. The van der Waals surface area contributed by atoms with Gasteiger partial charge in [-0.3, -0.25) is 4.90 Å². The van der Waals surface area contributed by atoms with Crippen LogP contribution in [0.2, 0.25) is 5.02 Å². The number of fused-ring (bicyclic) bond motifs is 1. The lowest BCUT2D eigenvalue weighted by Gasteiger charge is -2.37. The Morgan fingerprint density at radius 2 is 1.92 bits per heavy atom. The summed E-state index contributed by atoms with van der Waals surface area (Å²) in [5.74, 6) is 0.841. The highest BCUT2D eigenvalue weighted by Crippen LogP contribution is 2.16. The van der Waals surface area contributed by atoms with Gasteiger partial charge in [0.05, 0.1) is 10.7 Å². The fourth-order valence-corrected chi connectivity index (χ4v) is 4.07. The third-order valence-electron chi connectivity index (χ3n) is 5.23. The summed E-state index contributed by atoms with van der Waals surface area (Å²) in [4.78, 5) is 9.85. The Morgan fingerprint density at radius 3 is 2.68 bits per heavy atom.